The normalized spacial score (nSPS) is 12.1. The third-order valence-corrected chi connectivity index (χ3v) is 6.53. The predicted octanol–water partition coefficient (Wildman–Crippen LogP) is 4.23. The van der Waals surface area contributed by atoms with Gasteiger partial charge >= 0.3 is 0 Å². The van der Waals surface area contributed by atoms with Gasteiger partial charge in [0.2, 0.25) is 0 Å². The molecule has 0 bridgehead atoms. The Hall–Kier alpha value is -3.60. The number of nitrogens with one attached hydrogen (secondary N) is 2. The van der Waals surface area contributed by atoms with E-state index >= 15 is 0 Å². The fraction of sp³-hybridized carbons (Fsp3) is 0.250. The highest BCUT2D eigenvalue weighted by Gasteiger charge is 2.18. The maximum atomic E-state index is 11.7. The minimum Gasteiger partial charge on any atom is -0.329 e. The molecular weight excluding hydrogens is 450 g/mol. The molecule has 3 N–H and O–H groups in total. The molecule has 0 spiro atoms. The number of likely N-dealkylation sites (N-methyl/N-ethyl adjacent to an activating group) is 1. The lowest BCUT2D eigenvalue weighted by Crippen LogP contribution is -2.41. The maximum absolute atomic E-state index is 11.7. The van der Waals surface area contributed by atoms with Crippen molar-refractivity contribution in [2.45, 2.75) is 26.4 Å². The minimum atomic E-state index is -0.475. The van der Waals surface area contributed by atoms with Crippen LogP contribution in [-0.4, -0.2) is 51.1 Å². The predicted molar refractivity (Wildman–Crippen MR) is 135 cm³/mol. The Balaban J connectivity index is 1.49. The highest BCUT2D eigenvalue weighted by atomic mass is 32.1. The third-order valence-electron chi connectivity index (χ3n) is 5.65. The zero-order valence-electron chi connectivity index (χ0n) is 19.5. The number of amides is 1. The van der Waals surface area contributed by atoms with Gasteiger partial charge in [0.1, 0.15) is 22.0 Å². The minimum absolute atomic E-state index is 0.454. The molecule has 1 atom stereocenters. The summed E-state index contributed by atoms with van der Waals surface area (Å²) >= 11 is 1.46. The Morgan fingerprint density at radius 2 is 1.88 bits per heavy atom. The highest BCUT2D eigenvalue weighted by Crippen LogP contribution is 2.30. The van der Waals surface area contributed by atoms with Crippen molar-refractivity contribution in [3.05, 3.63) is 65.9 Å². The van der Waals surface area contributed by atoms with Crippen molar-refractivity contribution in [2.24, 2.45) is 0 Å². The van der Waals surface area contributed by atoms with Crippen LogP contribution >= 0.6 is 11.3 Å². The zero-order chi connectivity index (χ0) is 24.2. The summed E-state index contributed by atoms with van der Waals surface area (Å²) in [6.45, 7) is 4.31. The van der Waals surface area contributed by atoms with E-state index in [9.17, 15) is 4.79 Å². The molecule has 0 radical (unpaired) electrons. The summed E-state index contributed by atoms with van der Waals surface area (Å²) in [5, 5.41) is 12.8. The molecule has 34 heavy (non-hydrogen) atoms. The van der Waals surface area contributed by atoms with Crippen LogP contribution in [0.3, 0.4) is 0 Å². The largest absolute Gasteiger partial charge is 0.329 e. The van der Waals surface area contributed by atoms with Gasteiger partial charge in [0.25, 0.3) is 5.91 Å². The molecule has 4 aromatic rings. The van der Waals surface area contributed by atoms with E-state index in [0.29, 0.717) is 17.5 Å². The van der Waals surface area contributed by atoms with E-state index in [4.69, 9.17) is 10.2 Å². The van der Waals surface area contributed by atoms with Crippen LogP contribution in [0.2, 0.25) is 0 Å². The quantitative estimate of drug-likeness (QED) is 0.256. The maximum Gasteiger partial charge on any atom is 0.260 e. The van der Waals surface area contributed by atoms with E-state index in [2.05, 4.69) is 46.5 Å². The first kappa shape index (κ1) is 23.6. The number of nitrogens with zero attached hydrogens (tertiary/aromatic N) is 5. The fourth-order valence-electron chi connectivity index (χ4n) is 3.42. The summed E-state index contributed by atoms with van der Waals surface area (Å²) in [7, 11) is 3.81. The van der Waals surface area contributed by atoms with E-state index in [1.165, 1.54) is 16.9 Å². The van der Waals surface area contributed by atoms with E-state index in [0.717, 1.165) is 27.4 Å². The van der Waals surface area contributed by atoms with E-state index in [1.54, 1.807) is 18.6 Å². The van der Waals surface area contributed by atoms with Crippen LogP contribution in [0.1, 0.15) is 18.1 Å². The third kappa shape index (κ3) is 5.30. The first-order chi connectivity index (χ1) is 16.3. The summed E-state index contributed by atoms with van der Waals surface area (Å²) in [5.74, 6) is 1.04. The highest BCUT2D eigenvalue weighted by molar-refractivity contribution is 7.21. The van der Waals surface area contributed by atoms with Crippen molar-refractivity contribution in [1.82, 2.24) is 25.3 Å². The number of carbonyl (C=O) groups is 1. The molecule has 0 unspecified atom stereocenters. The summed E-state index contributed by atoms with van der Waals surface area (Å²) in [5.41, 5.74) is 5.76. The molecule has 1 amide bonds. The van der Waals surface area contributed by atoms with Crippen molar-refractivity contribution in [1.29, 1.82) is 0 Å². The number of hydroxylamine groups is 1. The lowest BCUT2D eigenvalue weighted by atomic mass is 10.2. The average Bonchev–Trinajstić information content (AvgIpc) is 3.24. The van der Waals surface area contributed by atoms with Gasteiger partial charge in [-0.15, -0.1) is 0 Å². The molecule has 0 saturated heterocycles. The van der Waals surface area contributed by atoms with Crippen LogP contribution in [0.4, 0.5) is 22.5 Å². The van der Waals surface area contributed by atoms with Gasteiger partial charge in [-0.1, -0.05) is 29.0 Å². The number of carbonyl (C=O) groups excluding carboxylic acids is 1. The van der Waals surface area contributed by atoms with Crippen LogP contribution in [-0.2, 0) is 11.3 Å². The SMILES string of the molecule is Cc1ccc(N(C)c2ccc3nc(Nc4cc(CN(C)[C@@H](C)C(=O)NO)ccn4)sc3n2)cc1. The van der Waals surface area contributed by atoms with Gasteiger partial charge < -0.3 is 10.2 Å². The van der Waals surface area contributed by atoms with Crippen LogP contribution in [0.15, 0.2) is 54.7 Å². The molecule has 0 aliphatic heterocycles. The molecule has 3 aromatic heterocycles. The summed E-state index contributed by atoms with van der Waals surface area (Å²) < 4.78 is 0. The Morgan fingerprint density at radius 1 is 1.12 bits per heavy atom. The van der Waals surface area contributed by atoms with Crippen molar-refractivity contribution in [2.75, 3.05) is 24.3 Å². The van der Waals surface area contributed by atoms with Crippen LogP contribution in [0.5, 0.6) is 0 Å². The number of fused-ring (bicyclic) bond motifs is 1. The number of aryl methyl sites for hydroxylation is 1. The van der Waals surface area contributed by atoms with Crippen molar-refractivity contribution in [3.63, 3.8) is 0 Å². The number of anilines is 4. The van der Waals surface area contributed by atoms with Crippen LogP contribution in [0.25, 0.3) is 10.3 Å². The van der Waals surface area contributed by atoms with Gasteiger partial charge in [-0.3, -0.25) is 14.9 Å². The number of aromatic nitrogens is 3. The van der Waals surface area contributed by atoms with E-state index in [-0.39, 0.29) is 0 Å². The molecule has 176 valence electrons. The summed E-state index contributed by atoms with van der Waals surface area (Å²) in [6.07, 6.45) is 1.71. The molecule has 9 nitrogen and oxygen atoms in total. The van der Waals surface area contributed by atoms with Gasteiger partial charge in [-0.2, -0.15) is 0 Å². The monoisotopic (exact) mass is 477 g/mol. The smallest absolute Gasteiger partial charge is 0.260 e. The first-order valence-corrected chi connectivity index (χ1v) is 11.6. The van der Waals surface area contributed by atoms with Gasteiger partial charge in [-0.05, 0) is 62.9 Å². The number of hydrogen-bond donors (Lipinski definition) is 3. The molecule has 0 saturated carbocycles. The Labute approximate surface area is 202 Å². The van der Waals surface area contributed by atoms with Crippen LogP contribution in [0, 0.1) is 6.92 Å². The van der Waals surface area contributed by atoms with Crippen LogP contribution < -0.4 is 15.7 Å². The standard InChI is InChI=1S/C24H27N7O2S/c1-15-5-7-18(8-6-15)31(4)21-10-9-19-23(28-21)34-24(26-19)27-20-13-17(11-12-25-20)14-30(3)16(2)22(32)29-33/h5-13,16,33H,14H2,1-4H3,(H,29,32)(H,25,26,27)/t16-/m0/s1. The lowest BCUT2D eigenvalue weighted by molar-refractivity contribution is -0.133. The van der Waals surface area contributed by atoms with Gasteiger partial charge in [0.05, 0.1) is 6.04 Å². The molecule has 4 rings (SSSR count). The van der Waals surface area contributed by atoms with Crippen molar-refractivity contribution >= 4 is 50.0 Å². The van der Waals surface area contributed by atoms with Gasteiger partial charge in [0.15, 0.2) is 5.13 Å². The number of rotatable bonds is 8. The Bertz CT molecular complexity index is 1290. The first-order valence-electron chi connectivity index (χ1n) is 10.8. The van der Waals surface area contributed by atoms with Gasteiger partial charge in [-0.25, -0.2) is 20.4 Å². The fourth-order valence-corrected chi connectivity index (χ4v) is 4.26. The topological polar surface area (TPSA) is 107 Å². The number of thiazole rings is 1. The molecule has 3 heterocycles. The molecular formula is C24H27N7O2S. The Kier molecular flexibility index (Phi) is 7.01. The molecule has 10 heteroatoms. The number of benzene rings is 1. The second-order valence-electron chi connectivity index (χ2n) is 8.15. The lowest BCUT2D eigenvalue weighted by Gasteiger charge is -2.22. The molecule has 0 fully saturated rings. The molecule has 0 aliphatic rings. The second-order valence-corrected chi connectivity index (χ2v) is 9.13. The van der Waals surface area contributed by atoms with E-state index < -0.39 is 11.9 Å². The zero-order valence-corrected chi connectivity index (χ0v) is 20.3. The second kappa shape index (κ2) is 10.1. The van der Waals surface area contributed by atoms with Gasteiger partial charge in [0, 0.05) is 25.5 Å². The number of hydrogen-bond acceptors (Lipinski definition) is 9. The molecule has 1 aromatic carbocycles. The van der Waals surface area contributed by atoms with Crippen molar-refractivity contribution in [3.8, 4) is 0 Å². The van der Waals surface area contributed by atoms with Crippen molar-refractivity contribution < 1.29 is 10.0 Å². The summed E-state index contributed by atoms with van der Waals surface area (Å²) in [4.78, 5) is 30.2. The molecule has 0 aliphatic carbocycles. The average molecular weight is 478 g/mol. The number of pyridine rings is 2. The van der Waals surface area contributed by atoms with E-state index in [1.807, 2.05) is 48.2 Å². The Morgan fingerprint density at radius 3 is 2.62 bits per heavy atom. The summed E-state index contributed by atoms with van der Waals surface area (Å²) in [6, 6.07) is 15.6.